The third-order valence-corrected chi connectivity index (χ3v) is 20.3. The van der Waals surface area contributed by atoms with Gasteiger partial charge in [-0.25, -0.2) is 4.98 Å². The molecule has 0 atom stereocenters. The average Bonchev–Trinajstić information content (AvgIpc) is 4.17. The number of para-hydroxylation sites is 3. The zero-order chi connectivity index (χ0) is 51.0. The van der Waals surface area contributed by atoms with E-state index in [0.29, 0.717) is 0 Å². The Morgan fingerprint density at radius 3 is 1.74 bits per heavy atom. The lowest BCUT2D eigenvalue weighted by Crippen LogP contribution is -2.74. The first-order valence-corrected chi connectivity index (χ1v) is 28.1. The van der Waals surface area contributed by atoms with Gasteiger partial charge in [0.05, 0.1) is 33.4 Å². The van der Waals surface area contributed by atoms with Crippen LogP contribution in [0.4, 0.5) is 0 Å². The fraction of sp³-hybridized carbons (Fsp3) is 0.0571. The lowest BCUT2D eigenvalue weighted by Gasteiger charge is -2.35. The standard InChI is InChI=1S/C70H52N4OSi/c1-70(2,3)48-41-42-71-68(43-48)74-65-35-18-16-31-59(65)61-39-37-51(45-67(61)74)75-50-22-19-21-49(44-50)72-47-73-64-34-17-15-32-60(64)63-46-55(38-40-58(63)56-29-13-14-30-57(56)62-33-20-36-66(72)69(62)73)76(52-23-7-4-8-24-52,53-25-9-5-10-26-53)54-27-11-6-12-28-54/h4-46H,1-3H3. The Balaban J connectivity index is 0.932. The number of hydrogen-bond acceptors (Lipinski definition) is 2. The SMILES string of the molecule is CC(C)(C)c1ccnc(-n2c3ccccc3c3ccc(Oc4cccc(-n5[c-][n+]6c7c(cccc75)-c5ccccc5-c5ccc([Si](c7ccccc7)(c7ccccc7)c7ccccc7)cc5-c5ccccc5-6)c4)cc32)c1. The number of pyridine rings is 1. The highest BCUT2D eigenvalue weighted by atomic mass is 28.3. The molecule has 0 amide bonds. The van der Waals surface area contributed by atoms with Gasteiger partial charge in [0.25, 0.3) is 6.33 Å². The van der Waals surface area contributed by atoms with Crippen LogP contribution in [0.15, 0.2) is 261 Å². The van der Waals surface area contributed by atoms with Crippen molar-refractivity contribution in [3.05, 3.63) is 273 Å². The van der Waals surface area contributed by atoms with Crippen LogP contribution in [0.3, 0.4) is 0 Å². The van der Waals surface area contributed by atoms with Gasteiger partial charge in [-0.15, -0.1) is 0 Å². The Morgan fingerprint density at radius 2 is 1.01 bits per heavy atom. The highest BCUT2D eigenvalue weighted by Gasteiger charge is 2.42. The third-order valence-electron chi connectivity index (χ3n) is 15.5. The maximum atomic E-state index is 6.86. The van der Waals surface area contributed by atoms with Crippen molar-refractivity contribution in [3.8, 4) is 62.1 Å². The van der Waals surface area contributed by atoms with E-state index >= 15 is 0 Å². The molecule has 0 radical (unpaired) electrons. The second-order valence-electron chi connectivity index (χ2n) is 20.9. The van der Waals surface area contributed by atoms with Crippen molar-refractivity contribution in [2.24, 2.45) is 0 Å². The second kappa shape index (κ2) is 17.9. The molecule has 0 bridgehead atoms. The number of rotatable bonds is 8. The van der Waals surface area contributed by atoms with Crippen LogP contribution >= 0.6 is 0 Å². The van der Waals surface area contributed by atoms with E-state index in [0.717, 1.165) is 72.8 Å². The number of fused-ring (bicyclic) bond motifs is 10. The van der Waals surface area contributed by atoms with Crippen molar-refractivity contribution < 1.29 is 9.30 Å². The molecule has 5 nitrogen and oxygen atoms in total. The van der Waals surface area contributed by atoms with Crippen LogP contribution in [0.25, 0.3) is 83.4 Å². The maximum absolute atomic E-state index is 6.86. The van der Waals surface area contributed by atoms with E-state index in [4.69, 9.17) is 9.72 Å². The third kappa shape index (κ3) is 7.28. The number of hydrogen-bond donors (Lipinski definition) is 0. The summed E-state index contributed by atoms with van der Waals surface area (Å²) >= 11 is 0. The maximum Gasteiger partial charge on any atom is 0.269 e. The highest BCUT2D eigenvalue weighted by molar-refractivity contribution is 7.20. The summed E-state index contributed by atoms with van der Waals surface area (Å²) < 4.78 is 13.6. The summed E-state index contributed by atoms with van der Waals surface area (Å²) in [6, 6.07) is 93.0. The fourth-order valence-electron chi connectivity index (χ4n) is 12.0. The summed E-state index contributed by atoms with van der Waals surface area (Å²) in [4.78, 5) is 4.92. The molecule has 0 N–H and O–H groups in total. The van der Waals surface area contributed by atoms with Crippen LogP contribution in [0.1, 0.15) is 26.3 Å². The Hall–Kier alpha value is -9.36. The van der Waals surface area contributed by atoms with E-state index in [2.05, 4.69) is 290 Å². The summed E-state index contributed by atoms with van der Waals surface area (Å²) in [6.07, 6.45) is 5.85. The van der Waals surface area contributed by atoms with Crippen LogP contribution in [-0.4, -0.2) is 22.2 Å². The van der Waals surface area contributed by atoms with Crippen molar-refractivity contribution in [1.29, 1.82) is 0 Å². The van der Waals surface area contributed by atoms with Crippen LogP contribution in [0.2, 0.25) is 0 Å². The van der Waals surface area contributed by atoms with Gasteiger partial charge in [0, 0.05) is 23.0 Å². The monoisotopic (exact) mass is 992 g/mol. The van der Waals surface area contributed by atoms with E-state index in [-0.39, 0.29) is 5.41 Å². The number of ether oxygens (including phenoxy) is 1. The molecule has 0 aliphatic carbocycles. The summed E-state index contributed by atoms with van der Waals surface area (Å²) in [7, 11) is -2.88. The molecule has 1 aliphatic heterocycles. The van der Waals surface area contributed by atoms with Crippen LogP contribution < -0.4 is 30.1 Å². The largest absolute Gasteiger partial charge is 0.458 e. The zero-order valence-corrected chi connectivity index (χ0v) is 43.5. The van der Waals surface area contributed by atoms with Gasteiger partial charge in [-0.05, 0) is 120 Å². The molecule has 13 aromatic rings. The van der Waals surface area contributed by atoms with E-state index in [1.165, 1.54) is 48.4 Å². The minimum absolute atomic E-state index is 0.0265. The molecule has 1 aliphatic rings. The average molecular weight is 993 g/mol. The van der Waals surface area contributed by atoms with Gasteiger partial charge < -0.3 is 4.74 Å². The van der Waals surface area contributed by atoms with Gasteiger partial charge in [0.2, 0.25) is 0 Å². The summed E-state index contributed by atoms with van der Waals surface area (Å²) in [5, 5.41) is 7.66. The Labute approximate surface area is 443 Å². The van der Waals surface area contributed by atoms with E-state index in [9.17, 15) is 0 Å². The molecule has 3 aromatic heterocycles. The topological polar surface area (TPSA) is 35.9 Å². The van der Waals surface area contributed by atoms with Crippen molar-refractivity contribution >= 4 is 61.7 Å². The summed E-state index contributed by atoms with van der Waals surface area (Å²) in [5.41, 5.74) is 14.4. The zero-order valence-electron chi connectivity index (χ0n) is 42.5. The molecule has 14 rings (SSSR count). The fourth-order valence-corrected chi connectivity index (χ4v) is 16.7. The van der Waals surface area contributed by atoms with Crippen molar-refractivity contribution in [2.75, 3.05) is 0 Å². The molecule has 4 heterocycles. The number of aromatic nitrogens is 4. The summed E-state index contributed by atoms with van der Waals surface area (Å²) in [6.45, 7) is 6.72. The Kier molecular flexibility index (Phi) is 10.7. The van der Waals surface area contributed by atoms with Crippen molar-refractivity contribution in [1.82, 2.24) is 14.1 Å². The first-order chi connectivity index (χ1) is 37.3. The minimum Gasteiger partial charge on any atom is -0.458 e. The quantitative estimate of drug-likeness (QED) is 0.0658. The van der Waals surface area contributed by atoms with Crippen molar-refractivity contribution in [2.45, 2.75) is 26.2 Å². The van der Waals surface area contributed by atoms with Gasteiger partial charge in [-0.1, -0.05) is 215 Å². The Bertz CT molecular complexity index is 4260. The first kappa shape index (κ1) is 45.3. The van der Waals surface area contributed by atoms with Crippen LogP contribution in [-0.2, 0) is 5.41 Å². The molecular formula is C70H52N4OSi. The molecule has 0 spiro atoms. The van der Waals surface area contributed by atoms with E-state index in [1.807, 2.05) is 12.3 Å². The lowest BCUT2D eigenvalue weighted by molar-refractivity contribution is -0.571. The van der Waals surface area contributed by atoms with E-state index < -0.39 is 8.07 Å². The molecular weight excluding hydrogens is 941 g/mol. The molecule has 0 saturated heterocycles. The first-order valence-electron chi connectivity index (χ1n) is 26.1. The summed E-state index contributed by atoms with van der Waals surface area (Å²) in [5.74, 6) is 2.35. The minimum atomic E-state index is -2.88. The molecule has 0 saturated carbocycles. The predicted molar refractivity (Wildman–Crippen MR) is 314 cm³/mol. The predicted octanol–water partition coefficient (Wildman–Crippen LogP) is 14.0. The van der Waals surface area contributed by atoms with Crippen molar-refractivity contribution in [3.63, 3.8) is 0 Å². The van der Waals surface area contributed by atoms with Gasteiger partial charge in [-0.2, -0.15) is 0 Å². The van der Waals surface area contributed by atoms with Gasteiger partial charge in [-0.3, -0.25) is 13.7 Å². The smallest absolute Gasteiger partial charge is 0.269 e. The number of benzene rings is 10. The molecule has 76 heavy (non-hydrogen) atoms. The Morgan fingerprint density at radius 1 is 0.434 bits per heavy atom. The molecule has 362 valence electrons. The lowest BCUT2D eigenvalue weighted by atomic mass is 9.88. The van der Waals surface area contributed by atoms with Gasteiger partial charge in [0.1, 0.15) is 17.3 Å². The molecule has 6 heteroatoms. The normalized spacial score (nSPS) is 12.1. The van der Waals surface area contributed by atoms with Gasteiger partial charge >= 0.3 is 0 Å². The van der Waals surface area contributed by atoms with E-state index in [1.54, 1.807) is 0 Å². The highest BCUT2D eigenvalue weighted by Crippen LogP contribution is 2.43. The number of imidazole rings is 1. The van der Waals surface area contributed by atoms with Gasteiger partial charge in [0.15, 0.2) is 8.07 Å². The molecule has 0 unspecified atom stereocenters. The second-order valence-corrected chi connectivity index (χ2v) is 24.7. The van der Waals surface area contributed by atoms with Crippen LogP contribution in [0, 0.1) is 6.33 Å². The molecule has 10 aromatic carbocycles. The number of nitrogens with zero attached hydrogens (tertiary/aromatic N) is 4. The molecule has 0 fully saturated rings. The van der Waals surface area contributed by atoms with Crippen LogP contribution in [0.5, 0.6) is 11.5 Å².